The highest BCUT2D eigenvalue weighted by atomic mass is 16.5. The van der Waals surface area contributed by atoms with Crippen LogP contribution in [0.2, 0.25) is 0 Å². The zero-order chi connectivity index (χ0) is 16.1. The Morgan fingerprint density at radius 2 is 1.82 bits per heavy atom. The average molecular weight is 313 g/mol. The van der Waals surface area contributed by atoms with Gasteiger partial charge in [-0.05, 0) is 26.7 Å². The number of likely N-dealkylation sites (tertiary alicyclic amines) is 1. The monoisotopic (exact) mass is 313 g/mol. The Kier molecular flexibility index (Phi) is 6.02. The average Bonchev–Trinajstić information content (AvgIpc) is 2.56. The molecule has 2 saturated heterocycles. The molecule has 0 radical (unpaired) electrons. The third kappa shape index (κ3) is 3.89. The lowest BCUT2D eigenvalue weighted by atomic mass is 10.0. The second-order valence-electron chi connectivity index (χ2n) is 5.87. The molecule has 0 saturated carbocycles. The molecular formula is C15H27N3O4. The number of hydrogen-bond acceptors (Lipinski definition) is 4. The van der Waals surface area contributed by atoms with Gasteiger partial charge in [-0.25, -0.2) is 4.79 Å². The van der Waals surface area contributed by atoms with Crippen molar-refractivity contribution < 1.29 is 19.4 Å². The molecular weight excluding hydrogens is 286 g/mol. The summed E-state index contributed by atoms with van der Waals surface area (Å²) in [7, 11) is 0. The number of amides is 2. The van der Waals surface area contributed by atoms with E-state index in [1.807, 2.05) is 13.8 Å². The van der Waals surface area contributed by atoms with Crippen LogP contribution >= 0.6 is 0 Å². The molecule has 2 fully saturated rings. The second kappa shape index (κ2) is 7.78. The lowest BCUT2D eigenvalue weighted by molar-refractivity contribution is -0.150. The molecule has 2 rings (SSSR count). The predicted octanol–water partition coefficient (Wildman–Crippen LogP) is 0.698. The topological polar surface area (TPSA) is 73.3 Å². The van der Waals surface area contributed by atoms with Crippen molar-refractivity contribution in [2.45, 2.75) is 38.8 Å². The van der Waals surface area contributed by atoms with E-state index in [0.717, 1.165) is 19.4 Å². The lowest BCUT2D eigenvalue weighted by Crippen LogP contribution is -2.55. The van der Waals surface area contributed by atoms with Crippen LogP contribution in [0.3, 0.4) is 0 Å². The Labute approximate surface area is 131 Å². The summed E-state index contributed by atoms with van der Waals surface area (Å²) < 4.78 is 5.67. The molecule has 7 nitrogen and oxygen atoms in total. The number of carbonyl (C=O) groups excluding carboxylic acids is 1. The van der Waals surface area contributed by atoms with Gasteiger partial charge in [-0.3, -0.25) is 9.69 Å². The van der Waals surface area contributed by atoms with E-state index >= 15 is 0 Å². The Bertz CT molecular complexity index is 392. The van der Waals surface area contributed by atoms with Crippen LogP contribution < -0.4 is 0 Å². The second-order valence-corrected chi connectivity index (χ2v) is 5.87. The van der Waals surface area contributed by atoms with Crippen LogP contribution in [0.4, 0.5) is 4.79 Å². The molecule has 2 amide bonds. The molecule has 1 atom stereocenters. The van der Waals surface area contributed by atoms with Crippen molar-refractivity contribution >= 4 is 12.0 Å². The van der Waals surface area contributed by atoms with E-state index in [0.29, 0.717) is 45.4 Å². The Hall–Kier alpha value is -1.34. The van der Waals surface area contributed by atoms with E-state index in [9.17, 15) is 9.59 Å². The Morgan fingerprint density at radius 1 is 1.18 bits per heavy atom. The van der Waals surface area contributed by atoms with E-state index in [1.54, 1.807) is 4.90 Å². The van der Waals surface area contributed by atoms with Gasteiger partial charge in [-0.15, -0.1) is 0 Å². The van der Waals surface area contributed by atoms with Crippen LogP contribution in [0.15, 0.2) is 0 Å². The highest BCUT2D eigenvalue weighted by Gasteiger charge is 2.34. The van der Waals surface area contributed by atoms with Gasteiger partial charge in [0.05, 0.1) is 6.61 Å². The van der Waals surface area contributed by atoms with Gasteiger partial charge in [0.15, 0.2) is 0 Å². The van der Waals surface area contributed by atoms with E-state index in [-0.39, 0.29) is 12.0 Å². The molecule has 0 bridgehead atoms. The van der Waals surface area contributed by atoms with Crippen molar-refractivity contribution in [2.75, 3.05) is 45.9 Å². The highest BCUT2D eigenvalue weighted by Crippen LogP contribution is 2.20. The molecule has 1 N–H and O–H groups in total. The van der Waals surface area contributed by atoms with Gasteiger partial charge >= 0.3 is 6.09 Å². The molecule has 0 aromatic carbocycles. The van der Waals surface area contributed by atoms with E-state index in [1.165, 1.54) is 4.90 Å². The SMILES string of the molecule is CCN(CC)C(=O)C1CN(C2CCN(C(=O)O)CC2)CCO1. The van der Waals surface area contributed by atoms with Gasteiger partial charge in [-0.2, -0.15) is 0 Å². The van der Waals surface area contributed by atoms with Gasteiger partial charge in [0, 0.05) is 45.3 Å². The fourth-order valence-corrected chi connectivity index (χ4v) is 3.31. The van der Waals surface area contributed by atoms with Crippen LogP contribution in [0.1, 0.15) is 26.7 Å². The van der Waals surface area contributed by atoms with Gasteiger partial charge < -0.3 is 19.6 Å². The maximum absolute atomic E-state index is 12.4. The molecule has 0 aromatic heterocycles. The number of carboxylic acid groups (broad SMARTS) is 1. The number of piperidine rings is 1. The Morgan fingerprint density at radius 3 is 2.36 bits per heavy atom. The number of carbonyl (C=O) groups is 2. The van der Waals surface area contributed by atoms with Crippen molar-refractivity contribution in [3.8, 4) is 0 Å². The third-order valence-corrected chi connectivity index (χ3v) is 4.70. The minimum atomic E-state index is -0.838. The van der Waals surface area contributed by atoms with Gasteiger partial charge in [0.1, 0.15) is 6.10 Å². The normalized spacial score (nSPS) is 24.3. The van der Waals surface area contributed by atoms with Crippen molar-refractivity contribution in [3.63, 3.8) is 0 Å². The molecule has 0 aliphatic carbocycles. The summed E-state index contributed by atoms with van der Waals surface area (Å²) in [5, 5.41) is 9.01. The van der Waals surface area contributed by atoms with Crippen LogP contribution in [-0.2, 0) is 9.53 Å². The Balaban J connectivity index is 1.88. The maximum atomic E-state index is 12.4. The molecule has 22 heavy (non-hydrogen) atoms. The molecule has 0 spiro atoms. The number of ether oxygens (including phenoxy) is 1. The molecule has 7 heteroatoms. The van der Waals surface area contributed by atoms with Crippen molar-refractivity contribution in [3.05, 3.63) is 0 Å². The summed E-state index contributed by atoms with van der Waals surface area (Å²) in [5.41, 5.74) is 0. The van der Waals surface area contributed by atoms with E-state index in [4.69, 9.17) is 9.84 Å². The summed E-state index contributed by atoms with van der Waals surface area (Å²) >= 11 is 0. The van der Waals surface area contributed by atoms with Gasteiger partial charge in [0.2, 0.25) is 0 Å². The van der Waals surface area contributed by atoms with Crippen LogP contribution in [0, 0.1) is 0 Å². The zero-order valence-electron chi connectivity index (χ0n) is 13.5. The fraction of sp³-hybridized carbons (Fsp3) is 0.867. The molecule has 2 aliphatic rings. The summed E-state index contributed by atoms with van der Waals surface area (Å²) in [6, 6.07) is 0.353. The van der Waals surface area contributed by atoms with Crippen molar-refractivity contribution in [1.29, 1.82) is 0 Å². The van der Waals surface area contributed by atoms with Gasteiger partial charge in [-0.1, -0.05) is 0 Å². The quantitative estimate of drug-likeness (QED) is 0.827. The first-order chi connectivity index (χ1) is 10.6. The van der Waals surface area contributed by atoms with Crippen LogP contribution in [0.5, 0.6) is 0 Å². The minimum absolute atomic E-state index is 0.0673. The smallest absolute Gasteiger partial charge is 0.407 e. The molecule has 2 aliphatic heterocycles. The zero-order valence-corrected chi connectivity index (χ0v) is 13.5. The van der Waals surface area contributed by atoms with Crippen molar-refractivity contribution in [1.82, 2.24) is 14.7 Å². The first-order valence-electron chi connectivity index (χ1n) is 8.19. The molecule has 126 valence electrons. The molecule has 1 unspecified atom stereocenters. The fourth-order valence-electron chi connectivity index (χ4n) is 3.31. The van der Waals surface area contributed by atoms with Crippen LogP contribution in [-0.4, -0.2) is 89.8 Å². The summed E-state index contributed by atoms with van der Waals surface area (Å²) in [5.74, 6) is 0.0673. The number of likely N-dealkylation sites (N-methyl/N-ethyl adjacent to an activating group) is 1. The third-order valence-electron chi connectivity index (χ3n) is 4.70. The lowest BCUT2D eigenvalue weighted by Gasteiger charge is -2.42. The van der Waals surface area contributed by atoms with Crippen molar-refractivity contribution in [2.24, 2.45) is 0 Å². The summed E-state index contributed by atoms with van der Waals surface area (Å²) in [6.07, 6.45) is 0.443. The number of morpholine rings is 1. The highest BCUT2D eigenvalue weighted by molar-refractivity contribution is 5.81. The van der Waals surface area contributed by atoms with E-state index < -0.39 is 6.09 Å². The number of nitrogens with zero attached hydrogens (tertiary/aromatic N) is 3. The predicted molar refractivity (Wildman–Crippen MR) is 81.9 cm³/mol. The standard InChI is InChI=1S/C15H27N3O4/c1-3-16(4-2)14(19)13-11-18(9-10-22-13)12-5-7-17(8-6-12)15(20)21/h12-13H,3-11H2,1-2H3,(H,20,21). The van der Waals surface area contributed by atoms with Gasteiger partial charge in [0.25, 0.3) is 5.91 Å². The van der Waals surface area contributed by atoms with E-state index in [2.05, 4.69) is 4.90 Å². The number of rotatable bonds is 4. The number of hydrogen-bond donors (Lipinski definition) is 1. The molecule has 0 aromatic rings. The summed E-state index contributed by atoms with van der Waals surface area (Å²) in [6.45, 7) is 8.51. The van der Waals surface area contributed by atoms with Crippen LogP contribution in [0.25, 0.3) is 0 Å². The molecule has 2 heterocycles. The largest absolute Gasteiger partial charge is 0.465 e. The maximum Gasteiger partial charge on any atom is 0.407 e. The minimum Gasteiger partial charge on any atom is -0.465 e. The summed E-state index contributed by atoms with van der Waals surface area (Å²) in [4.78, 5) is 29.0. The first kappa shape index (κ1) is 17.0. The first-order valence-corrected chi connectivity index (χ1v) is 8.19.